The summed E-state index contributed by atoms with van der Waals surface area (Å²) in [4.78, 5) is 0. The number of benzene rings is 2. The van der Waals surface area contributed by atoms with E-state index in [2.05, 4.69) is 37.4 Å². The van der Waals surface area contributed by atoms with Gasteiger partial charge in [-0.05, 0) is 56.0 Å². The number of para-hydroxylation sites is 1. The number of rotatable bonds is 6. The molecule has 3 heteroatoms. The molecule has 1 N–H and O–H groups in total. The zero-order valence-electron chi connectivity index (χ0n) is 12.8. The Hall–Kier alpha value is -1.67. The van der Waals surface area contributed by atoms with Crippen molar-refractivity contribution in [1.29, 1.82) is 0 Å². The van der Waals surface area contributed by atoms with Gasteiger partial charge in [0.25, 0.3) is 0 Å². The van der Waals surface area contributed by atoms with Crippen LogP contribution in [0.4, 0.5) is 5.69 Å². The molecule has 0 saturated heterocycles. The molecular weight excluding hydrogens is 282 g/mol. The Morgan fingerprint density at radius 3 is 2.48 bits per heavy atom. The van der Waals surface area contributed by atoms with Crippen molar-refractivity contribution in [2.24, 2.45) is 0 Å². The lowest BCUT2D eigenvalue weighted by Gasteiger charge is -2.18. The smallest absolute Gasteiger partial charge is 0.118 e. The Labute approximate surface area is 132 Å². The van der Waals surface area contributed by atoms with E-state index in [-0.39, 0.29) is 0 Å². The van der Waals surface area contributed by atoms with Crippen molar-refractivity contribution in [2.45, 2.75) is 32.7 Å². The van der Waals surface area contributed by atoms with E-state index in [1.165, 1.54) is 11.1 Å². The highest BCUT2D eigenvalue weighted by atomic mass is 35.5. The Bertz CT molecular complexity index is 560. The molecule has 2 aromatic rings. The van der Waals surface area contributed by atoms with Crippen LogP contribution in [0.15, 0.2) is 42.5 Å². The average Bonchev–Trinajstić information content (AvgIpc) is 2.49. The lowest BCUT2D eigenvalue weighted by Crippen LogP contribution is -2.17. The number of hydrogen-bond acceptors (Lipinski definition) is 2. The number of hydrogen-bond donors (Lipinski definition) is 1. The molecule has 0 radical (unpaired) electrons. The molecule has 1 unspecified atom stereocenters. The molecule has 0 aliphatic carbocycles. The molecule has 0 heterocycles. The van der Waals surface area contributed by atoms with Gasteiger partial charge in [0, 0.05) is 6.04 Å². The van der Waals surface area contributed by atoms with Crippen LogP contribution in [0.1, 0.15) is 24.5 Å². The van der Waals surface area contributed by atoms with Crippen molar-refractivity contribution < 1.29 is 4.74 Å². The van der Waals surface area contributed by atoms with Gasteiger partial charge in [0.15, 0.2) is 0 Å². The van der Waals surface area contributed by atoms with Gasteiger partial charge >= 0.3 is 0 Å². The number of aryl methyl sites for hydroxylation is 2. The summed E-state index contributed by atoms with van der Waals surface area (Å²) in [6, 6.07) is 14.6. The molecule has 0 aromatic heterocycles. The van der Waals surface area contributed by atoms with Gasteiger partial charge in [-0.3, -0.25) is 0 Å². The minimum Gasteiger partial charge on any atom is -0.497 e. The quantitative estimate of drug-likeness (QED) is 0.802. The van der Waals surface area contributed by atoms with E-state index in [0.29, 0.717) is 6.04 Å². The average molecular weight is 304 g/mol. The largest absolute Gasteiger partial charge is 0.497 e. The van der Waals surface area contributed by atoms with Crippen LogP contribution in [0.25, 0.3) is 0 Å². The van der Waals surface area contributed by atoms with Gasteiger partial charge < -0.3 is 10.1 Å². The minimum atomic E-state index is 0.366. The molecule has 0 amide bonds. The third kappa shape index (κ3) is 4.40. The zero-order chi connectivity index (χ0) is 15.2. The molecule has 0 fully saturated rings. The monoisotopic (exact) mass is 303 g/mol. The summed E-state index contributed by atoms with van der Waals surface area (Å²) in [5.41, 5.74) is 3.54. The second kappa shape index (κ2) is 7.37. The van der Waals surface area contributed by atoms with Gasteiger partial charge in [-0.25, -0.2) is 0 Å². The molecule has 2 aromatic carbocycles. The highest BCUT2D eigenvalue weighted by Gasteiger charge is 2.08. The van der Waals surface area contributed by atoms with Gasteiger partial charge in [0.2, 0.25) is 0 Å². The van der Waals surface area contributed by atoms with Crippen LogP contribution in [0.2, 0.25) is 5.02 Å². The molecule has 2 nitrogen and oxygen atoms in total. The van der Waals surface area contributed by atoms with Crippen molar-refractivity contribution in [3.63, 3.8) is 0 Å². The Morgan fingerprint density at radius 2 is 1.86 bits per heavy atom. The maximum absolute atomic E-state index is 6.25. The van der Waals surface area contributed by atoms with Crippen molar-refractivity contribution in [2.75, 3.05) is 12.4 Å². The number of nitrogens with one attached hydrogen (secondary N) is 1. The number of anilines is 1. The van der Waals surface area contributed by atoms with E-state index in [1.807, 2.05) is 24.3 Å². The van der Waals surface area contributed by atoms with E-state index >= 15 is 0 Å². The van der Waals surface area contributed by atoms with Crippen LogP contribution in [0.3, 0.4) is 0 Å². The van der Waals surface area contributed by atoms with Crippen molar-refractivity contribution >= 4 is 17.3 Å². The van der Waals surface area contributed by atoms with Crippen LogP contribution < -0.4 is 10.1 Å². The van der Waals surface area contributed by atoms with Crippen molar-refractivity contribution in [3.8, 4) is 5.75 Å². The van der Waals surface area contributed by atoms with Gasteiger partial charge in [-0.2, -0.15) is 0 Å². The maximum Gasteiger partial charge on any atom is 0.118 e. The lowest BCUT2D eigenvalue weighted by molar-refractivity contribution is 0.414. The number of ether oxygens (including phenoxy) is 1. The molecule has 0 aliphatic rings. The first-order valence-corrected chi connectivity index (χ1v) is 7.62. The fraction of sp³-hybridized carbons (Fsp3) is 0.333. The molecule has 21 heavy (non-hydrogen) atoms. The third-order valence-electron chi connectivity index (χ3n) is 3.64. The van der Waals surface area contributed by atoms with E-state index < -0.39 is 0 Å². The molecule has 0 bridgehead atoms. The summed E-state index contributed by atoms with van der Waals surface area (Å²) < 4.78 is 5.17. The van der Waals surface area contributed by atoms with Crippen LogP contribution in [-0.2, 0) is 6.42 Å². The summed E-state index contributed by atoms with van der Waals surface area (Å²) in [5, 5.41) is 4.30. The predicted octanol–water partition coefficient (Wildman–Crippen LogP) is 5.09. The van der Waals surface area contributed by atoms with Gasteiger partial charge in [0.1, 0.15) is 5.75 Å². The van der Waals surface area contributed by atoms with Crippen LogP contribution in [0, 0.1) is 6.92 Å². The normalized spacial score (nSPS) is 12.0. The third-order valence-corrected chi connectivity index (χ3v) is 3.95. The molecule has 1 atom stereocenters. The Morgan fingerprint density at radius 1 is 1.14 bits per heavy atom. The topological polar surface area (TPSA) is 21.3 Å². The summed E-state index contributed by atoms with van der Waals surface area (Å²) >= 11 is 6.25. The molecule has 0 aliphatic heterocycles. The highest BCUT2D eigenvalue weighted by molar-refractivity contribution is 6.33. The SMILES string of the molecule is COc1ccc(CCC(C)Nc2c(C)cccc2Cl)cc1. The van der Waals surface area contributed by atoms with Crippen molar-refractivity contribution in [3.05, 3.63) is 58.6 Å². The van der Waals surface area contributed by atoms with E-state index in [1.54, 1.807) is 7.11 Å². The molecule has 0 saturated carbocycles. The second-order valence-corrected chi connectivity index (χ2v) is 5.77. The second-order valence-electron chi connectivity index (χ2n) is 5.36. The molecule has 0 spiro atoms. The number of halogens is 1. The number of methoxy groups -OCH3 is 1. The first kappa shape index (κ1) is 15.7. The summed E-state index contributed by atoms with van der Waals surface area (Å²) in [6.07, 6.45) is 2.08. The van der Waals surface area contributed by atoms with E-state index in [4.69, 9.17) is 16.3 Å². The van der Waals surface area contributed by atoms with Gasteiger partial charge in [0.05, 0.1) is 17.8 Å². The van der Waals surface area contributed by atoms with Gasteiger partial charge in [-0.15, -0.1) is 0 Å². The first-order chi connectivity index (χ1) is 10.1. The Balaban J connectivity index is 1.91. The highest BCUT2D eigenvalue weighted by Crippen LogP contribution is 2.26. The molecule has 2 rings (SSSR count). The summed E-state index contributed by atoms with van der Waals surface area (Å²) in [5.74, 6) is 0.900. The zero-order valence-corrected chi connectivity index (χ0v) is 13.6. The lowest BCUT2D eigenvalue weighted by atomic mass is 10.1. The summed E-state index contributed by atoms with van der Waals surface area (Å²) in [7, 11) is 1.69. The first-order valence-electron chi connectivity index (χ1n) is 7.24. The van der Waals surface area contributed by atoms with E-state index in [9.17, 15) is 0 Å². The maximum atomic E-state index is 6.25. The molecular formula is C18H22ClNO. The minimum absolute atomic E-state index is 0.366. The predicted molar refractivity (Wildman–Crippen MR) is 90.6 cm³/mol. The van der Waals surface area contributed by atoms with Crippen LogP contribution in [0.5, 0.6) is 5.75 Å². The van der Waals surface area contributed by atoms with E-state index in [0.717, 1.165) is 29.3 Å². The summed E-state index contributed by atoms with van der Waals surface area (Å²) in [6.45, 7) is 4.26. The standard InChI is InChI=1S/C18H22ClNO/c1-13-5-4-6-17(19)18(13)20-14(2)7-8-15-9-11-16(21-3)12-10-15/h4-6,9-12,14,20H,7-8H2,1-3H3. The fourth-order valence-electron chi connectivity index (χ4n) is 2.31. The van der Waals surface area contributed by atoms with Crippen LogP contribution in [-0.4, -0.2) is 13.2 Å². The van der Waals surface area contributed by atoms with Crippen LogP contribution >= 0.6 is 11.6 Å². The Kier molecular flexibility index (Phi) is 5.51. The van der Waals surface area contributed by atoms with Gasteiger partial charge in [-0.1, -0.05) is 35.9 Å². The fourth-order valence-corrected chi connectivity index (χ4v) is 2.59. The van der Waals surface area contributed by atoms with Crippen molar-refractivity contribution in [1.82, 2.24) is 0 Å². The molecule has 112 valence electrons.